The lowest BCUT2D eigenvalue weighted by molar-refractivity contribution is 0.0921. The Kier molecular flexibility index (Phi) is 4.25. The fraction of sp³-hybridized carbons (Fsp3) is 0.429. The van der Waals surface area contributed by atoms with E-state index in [1.165, 1.54) is 11.3 Å². The van der Waals surface area contributed by atoms with E-state index in [-0.39, 0.29) is 24.5 Å². The summed E-state index contributed by atoms with van der Waals surface area (Å²) in [6.45, 7) is 5.68. The summed E-state index contributed by atoms with van der Waals surface area (Å²) in [4.78, 5) is 17.9. The first-order valence-electron chi connectivity index (χ1n) is 6.51. The van der Waals surface area contributed by atoms with Gasteiger partial charge in [0, 0.05) is 23.7 Å². The third kappa shape index (κ3) is 2.76. The summed E-state index contributed by atoms with van der Waals surface area (Å²) in [6, 6.07) is 3.65. The van der Waals surface area contributed by atoms with Crippen molar-refractivity contribution in [2.45, 2.75) is 26.8 Å². The Morgan fingerprint density at radius 3 is 2.85 bits per heavy atom. The molecule has 108 valence electrons. The molecule has 20 heavy (non-hydrogen) atoms. The maximum Gasteiger partial charge on any atom is 0.263 e. The van der Waals surface area contributed by atoms with E-state index < -0.39 is 0 Å². The van der Waals surface area contributed by atoms with Crippen molar-refractivity contribution in [3.63, 3.8) is 0 Å². The van der Waals surface area contributed by atoms with Crippen molar-refractivity contribution < 1.29 is 9.90 Å². The van der Waals surface area contributed by atoms with E-state index in [1.807, 2.05) is 32.9 Å². The highest BCUT2D eigenvalue weighted by Gasteiger charge is 2.20. The van der Waals surface area contributed by atoms with Gasteiger partial charge in [0.2, 0.25) is 0 Å². The van der Waals surface area contributed by atoms with Gasteiger partial charge in [-0.25, -0.2) is 4.98 Å². The highest BCUT2D eigenvalue weighted by molar-refractivity contribution is 7.21. The zero-order valence-electron chi connectivity index (χ0n) is 11.8. The molecule has 6 heteroatoms. The van der Waals surface area contributed by atoms with Gasteiger partial charge in [0.1, 0.15) is 9.71 Å². The van der Waals surface area contributed by atoms with E-state index in [4.69, 9.17) is 10.8 Å². The number of aryl methyl sites for hydroxylation is 1. The Bertz CT molecular complexity index is 639. The van der Waals surface area contributed by atoms with Crippen LogP contribution < -0.4 is 11.1 Å². The Morgan fingerprint density at radius 1 is 1.50 bits per heavy atom. The number of anilines is 1. The first-order valence-corrected chi connectivity index (χ1v) is 7.33. The van der Waals surface area contributed by atoms with Gasteiger partial charge in [0.15, 0.2) is 0 Å². The Morgan fingerprint density at radius 2 is 2.20 bits per heavy atom. The number of aliphatic hydroxyl groups is 1. The highest BCUT2D eigenvalue weighted by Crippen LogP contribution is 2.32. The van der Waals surface area contributed by atoms with Crippen LogP contribution in [0.15, 0.2) is 12.1 Å². The number of nitrogen functional groups attached to an aromatic ring is 1. The molecule has 2 heterocycles. The number of carbonyl (C=O) groups is 1. The maximum absolute atomic E-state index is 12.3. The van der Waals surface area contributed by atoms with Crippen LogP contribution in [0.3, 0.4) is 0 Å². The van der Waals surface area contributed by atoms with Crippen molar-refractivity contribution in [2.75, 3.05) is 12.3 Å². The number of aliphatic hydroxyl groups excluding tert-OH is 1. The molecule has 0 saturated carbocycles. The van der Waals surface area contributed by atoms with Gasteiger partial charge in [-0.2, -0.15) is 0 Å². The number of aromatic nitrogens is 1. The Balaban J connectivity index is 2.28. The molecule has 1 amide bonds. The molecule has 0 aliphatic carbocycles. The molecular weight excluding hydrogens is 274 g/mol. The molecule has 2 aromatic rings. The molecule has 2 unspecified atom stereocenters. The van der Waals surface area contributed by atoms with Gasteiger partial charge in [-0.15, -0.1) is 11.3 Å². The summed E-state index contributed by atoms with van der Waals surface area (Å²) < 4.78 is 0. The van der Waals surface area contributed by atoms with Crippen LogP contribution in [-0.4, -0.2) is 28.6 Å². The van der Waals surface area contributed by atoms with Gasteiger partial charge in [0.05, 0.1) is 5.69 Å². The zero-order chi connectivity index (χ0) is 14.9. The number of nitrogens with zero attached hydrogens (tertiary/aromatic N) is 1. The summed E-state index contributed by atoms with van der Waals surface area (Å²) in [5.41, 5.74) is 7.40. The number of nitrogens with one attached hydrogen (secondary N) is 1. The fourth-order valence-electron chi connectivity index (χ4n) is 1.83. The molecule has 5 nitrogen and oxygen atoms in total. The van der Waals surface area contributed by atoms with Crippen molar-refractivity contribution in [3.8, 4) is 0 Å². The molecule has 0 aliphatic rings. The number of hydrogen-bond donors (Lipinski definition) is 3. The average molecular weight is 293 g/mol. The minimum atomic E-state index is -0.212. The molecule has 0 radical (unpaired) electrons. The van der Waals surface area contributed by atoms with Crippen LogP contribution in [-0.2, 0) is 0 Å². The fourth-order valence-corrected chi connectivity index (χ4v) is 2.87. The lowest BCUT2D eigenvalue weighted by atomic mass is 10.1. The van der Waals surface area contributed by atoms with E-state index in [0.717, 1.165) is 15.9 Å². The molecule has 0 fully saturated rings. The second-order valence-electron chi connectivity index (χ2n) is 5.07. The van der Waals surface area contributed by atoms with E-state index in [9.17, 15) is 4.79 Å². The molecule has 0 bridgehead atoms. The van der Waals surface area contributed by atoms with Gasteiger partial charge < -0.3 is 16.2 Å². The largest absolute Gasteiger partial charge is 0.397 e. The van der Waals surface area contributed by atoms with E-state index in [2.05, 4.69) is 10.3 Å². The number of carbonyl (C=O) groups excluding carboxylic acids is 1. The number of amides is 1. The highest BCUT2D eigenvalue weighted by atomic mass is 32.1. The molecule has 0 aromatic carbocycles. The topological polar surface area (TPSA) is 88.2 Å². The number of pyridine rings is 1. The lowest BCUT2D eigenvalue weighted by Crippen LogP contribution is -2.38. The molecule has 4 N–H and O–H groups in total. The van der Waals surface area contributed by atoms with Crippen LogP contribution in [0.5, 0.6) is 0 Å². The number of thiophene rings is 1. The number of rotatable bonds is 4. The summed E-state index contributed by atoms with van der Waals surface area (Å²) in [7, 11) is 0. The van der Waals surface area contributed by atoms with E-state index >= 15 is 0 Å². The first kappa shape index (κ1) is 14.7. The van der Waals surface area contributed by atoms with Gasteiger partial charge in [-0.05, 0) is 31.9 Å². The Labute approximate surface area is 121 Å². The van der Waals surface area contributed by atoms with Gasteiger partial charge in [-0.3, -0.25) is 4.79 Å². The van der Waals surface area contributed by atoms with E-state index in [1.54, 1.807) is 0 Å². The molecular formula is C14H19N3O2S. The van der Waals surface area contributed by atoms with Gasteiger partial charge in [-0.1, -0.05) is 6.92 Å². The van der Waals surface area contributed by atoms with Gasteiger partial charge in [0.25, 0.3) is 5.91 Å². The summed E-state index contributed by atoms with van der Waals surface area (Å²) in [5, 5.41) is 12.8. The molecule has 2 aromatic heterocycles. The number of hydrogen-bond acceptors (Lipinski definition) is 5. The molecule has 2 atom stereocenters. The summed E-state index contributed by atoms with van der Waals surface area (Å²) in [6.07, 6.45) is 0. The Hall–Kier alpha value is -1.66. The quantitative estimate of drug-likeness (QED) is 0.803. The third-order valence-electron chi connectivity index (χ3n) is 3.44. The SMILES string of the molecule is Cc1ccc2c(N)c(C(=O)NC(C)C(C)CO)sc2n1. The van der Waals surface area contributed by atoms with Crippen molar-refractivity contribution in [3.05, 3.63) is 22.7 Å². The number of nitrogens with two attached hydrogens (primary N) is 1. The smallest absolute Gasteiger partial charge is 0.263 e. The minimum absolute atomic E-state index is 0.00470. The van der Waals surface area contributed by atoms with Crippen LogP contribution in [0.4, 0.5) is 5.69 Å². The standard InChI is InChI=1S/C14H19N3O2S/c1-7(6-18)9(3)17-13(19)12-11(15)10-5-4-8(2)16-14(10)20-12/h4-5,7,9,18H,6,15H2,1-3H3,(H,17,19). The van der Waals surface area contributed by atoms with Gasteiger partial charge >= 0.3 is 0 Å². The van der Waals surface area contributed by atoms with Crippen LogP contribution in [0, 0.1) is 12.8 Å². The zero-order valence-corrected chi connectivity index (χ0v) is 12.6. The maximum atomic E-state index is 12.3. The second-order valence-corrected chi connectivity index (χ2v) is 6.07. The lowest BCUT2D eigenvalue weighted by Gasteiger charge is -2.18. The summed E-state index contributed by atoms with van der Waals surface area (Å²) >= 11 is 1.30. The predicted molar refractivity (Wildman–Crippen MR) is 81.9 cm³/mol. The van der Waals surface area contributed by atoms with Crippen molar-refractivity contribution in [2.24, 2.45) is 5.92 Å². The van der Waals surface area contributed by atoms with Crippen LogP contribution in [0.2, 0.25) is 0 Å². The van der Waals surface area contributed by atoms with Crippen molar-refractivity contribution >= 4 is 33.1 Å². The predicted octanol–water partition coefficient (Wildman–Crippen LogP) is 1.93. The first-order chi connectivity index (χ1) is 9.43. The van der Waals surface area contributed by atoms with E-state index in [0.29, 0.717) is 10.6 Å². The molecule has 0 saturated heterocycles. The van der Waals surface area contributed by atoms with Crippen LogP contribution in [0.1, 0.15) is 29.2 Å². The third-order valence-corrected chi connectivity index (χ3v) is 4.55. The monoisotopic (exact) mass is 293 g/mol. The number of fused-ring (bicyclic) bond motifs is 1. The van der Waals surface area contributed by atoms with Crippen LogP contribution in [0.25, 0.3) is 10.2 Å². The van der Waals surface area contributed by atoms with Crippen molar-refractivity contribution in [1.82, 2.24) is 10.3 Å². The minimum Gasteiger partial charge on any atom is -0.397 e. The normalized spacial score (nSPS) is 14.2. The summed E-state index contributed by atoms with van der Waals surface area (Å²) in [5.74, 6) is -0.217. The molecule has 0 aliphatic heterocycles. The average Bonchev–Trinajstić information content (AvgIpc) is 2.74. The molecule has 2 rings (SSSR count). The van der Waals surface area contributed by atoms with Crippen molar-refractivity contribution in [1.29, 1.82) is 0 Å². The van der Waals surface area contributed by atoms with Crippen LogP contribution >= 0.6 is 11.3 Å². The second kappa shape index (κ2) is 5.76. The molecule has 0 spiro atoms.